The van der Waals surface area contributed by atoms with Gasteiger partial charge in [-0.3, -0.25) is 9.48 Å². The zero-order chi connectivity index (χ0) is 15.7. The highest BCUT2D eigenvalue weighted by atomic mass is 16.5. The Kier molecular flexibility index (Phi) is 4.39. The molecule has 2 N–H and O–H groups in total. The molecule has 2 atom stereocenters. The van der Waals surface area contributed by atoms with Crippen LogP contribution in [0.5, 0.6) is 0 Å². The van der Waals surface area contributed by atoms with E-state index in [9.17, 15) is 9.90 Å². The van der Waals surface area contributed by atoms with E-state index in [0.717, 1.165) is 5.69 Å². The molecule has 6 heteroatoms. The molecular weight excluding hydrogens is 270 g/mol. The number of aromatic nitrogens is 2. The third-order valence-corrected chi connectivity index (χ3v) is 4.58. The Morgan fingerprint density at radius 1 is 1.62 bits per heavy atom. The molecule has 6 nitrogen and oxygen atoms in total. The van der Waals surface area contributed by atoms with Gasteiger partial charge in [0.1, 0.15) is 0 Å². The molecule has 21 heavy (non-hydrogen) atoms. The van der Waals surface area contributed by atoms with E-state index in [1.165, 1.54) is 0 Å². The zero-order valence-corrected chi connectivity index (χ0v) is 13.2. The number of hydrogen-bond acceptors (Lipinski definition) is 4. The fourth-order valence-electron chi connectivity index (χ4n) is 2.79. The maximum absolute atomic E-state index is 11.9. The lowest BCUT2D eigenvalue weighted by atomic mass is 9.56. The minimum atomic E-state index is -0.910. The third kappa shape index (κ3) is 3.11. The zero-order valence-electron chi connectivity index (χ0n) is 13.2. The van der Waals surface area contributed by atoms with Crippen molar-refractivity contribution in [2.45, 2.75) is 45.3 Å². The SMILES string of the molecule is CCO[C@H]1C[C@@](O)(CNC(=O)Cc2ccn(C)n2)C1(C)C. The molecule has 1 saturated carbocycles. The Bertz CT molecular complexity index is 512. The van der Waals surface area contributed by atoms with Crippen molar-refractivity contribution in [3.05, 3.63) is 18.0 Å². The summed E-state index contributed by atoms with van der Waals surface area (Å²) >= 11 is 0. The highest BCUT2D eigenvalue weighted by molar-refractivity contribution is 5.78. The number of amides is 1. The summed E-state index contributed by atoms with van der Waals surface area (Å²) in [4.78, 5) is 11.9. The Morgan fingerprint density at radius 3 is 2.86 bits per heavy atom. The predicted molar refractivity (Wildman–Crippen MR) is 78.7 cm³/mol. The lowest BCUT2D eigenvalue weighted by Crippen LogP contribution is -2.68. The van der Waals surface area contributed by atoms with Gasteiger partial charge in [-0.05, 0) is 13.0 Å². The molecule has 1 aromatic rings. The molecular formula is C15H25N3O3. The monoisotopic (exact) mass is 295 g/mol. The Morgan fingerprint density at radius 2 is 2.33 bits per heavy atom. The first-order valence-electron chi connectivity index (χ1n) is 7.37. The van der Waals surface area contributed by atoms with Gasteiger partial charge >= 0.3 is 0 Å². The van der Waals surface area contributed by atoms with Gasteiger partial charge in [-0.2, -0.15) is 5.10 Å². The summed E-state index contributed by atoms with van der Waals surface area (Å²) < 4.78 is 7.27. The Hall–Kier alpha value is -1.40. The number of aryl methyl sites for hydroxylation is 1. The van der Waals surface area contributed by atoms with E-state index >= 15 is 0 Å². The van der Waals surface area contributed by atoms with Gasteiger partial charge in [0.05, 0.1) is 23.8 Å². The van der Waals surface area contributed by atoms with E-state index in [2.05, 4.69) is 10.4 Å². The quantitative estimate of drug-likeness (QED) is 0.808. The molecule has 1 aromatic heterocycles. The van der Waals surface area contributed by atoms with Crippen molar-refractivity contribution < 1.29 is 14.6 Å². The smallest absolute Gasteiger partial charge is 0.226 e. The molecule has 0 bridgehead atoms. The van der Waals surface area contributed by atoms with Crippen LogP contribution in [-0.2, 0) is 23.0 Å². The standard InChI is InChI=1S/C15H25N3O3/c1-5-21-12-9-15(20,14(12,2)3)10-16-13(19)8-11-6-7-18(4)17-11/h6-7,12,20H,5,8-10H2,1-4H3,(H,16,19)/t12-,15+/m0/s1. The summed E-state index contributed by atoms with van der Waals surface area (Å²) in [6.07, 6.45) is 2.63. The first-order valence-corrected chi connectivity index (χ1v) is 7.37. The minimum absolute atomic E-state index is 0.0418. The summed E-state index contributed by atoms with van der Waals surface area (Å²) in [5.41, 5.74) is -0.546. The summed E-state index contributed by atoms with van der Waals surface area (Å²) in [6, 6.07) is 1.81. The summed E-state index contributed by atoms with van der Waals surface area (Å²) in [5.74, 6) is -0.127. The van der Waals surface area contributed by atoms with Gasteiger partial charge in [0, 0.05) is 38.2 Å². The molecule has 2 rings (SSSR count). The molecule has 0 unspecified atom stereocenters. The van der Waals surface area contributed by atoms with E-state index in [1.807, 2.05) is 33.9 Å². The lowest BCUT2D eigenvalue weighted by molar-refractivity contribution is -0.238. The molecule has 1 heterocycles. The number of nitrogens with zero attached hydrogens (tertiary/aromatic N) is 2. The van der Waals surface area contributed by atoms with Gasteiger partial charge < -0.3 is 15.2 Å². The number of hydrogen-bond donors (Lipinski definition) is 2. The van der Waals surface area contributed by atoms with Gasteiger partial charge in [0.25, 0.3) is 0 Å². The van der Waals surface area contributed by atoms with E-state index in [-0.39, 0.29) is 30.4 Å². The molecule has 0 saturated heterocycles. The average Bonchev–Trinajstić information content (AvgIpc) is 2.81. The topological polar surface area (TPSA) is 76.4 Å². The Labute approximate surface area is 125 Å². The first-order chi connectivity index (χ1) is 9.78. The maximum Gasteiger partial charge on any atom is 0.226 e. The van der Waals surface area contributed by atoms with E-state index in [1.54, 1.807) is 10.9 Å². The maximum atomic E-state index is 11.9. The third-order valence-electron chi connectivity index (χ3n) is 4.58. The predicted octanol–water partition coefficient (Wildman–Crippen LogP) is 0.645. The lowest BCUT2D eigenvalue weighted by Gasteiger charge is -2.57. The fourth-order valence-corrected chi connectivity index (χ4v) is 2.79. The van der Waals surface area contributed by atoms with Crippen LogP contribution in [-0.4, -0.2) is 45.7 Å². The van der Waals surface area contributed by atoms with Gasteiger partial charge in [0.2, 0.25) is 5.91 Å². The van der Waals surface area contributed by atoms with E-state index < -0.39 is 5.60 Å². The molecule has 1 amide bonds. The van der Waals surface area contributed by atoms with Gasteiger partial charge in [-0.25, -0.2) is 0 Å². The van der Waals surface area contributed by atoms with Crippen LogP contribution in [0.1, 0.15) is 32.9 Å². The second kappa shape index (κ2) is 5.77. The van der Waals surface area contributed by atoms with Crippen LogP contribution < -0.4 is 5.32 Å². The fraction of sp³-hybridized carbons (Fsp3) is 0.733. The van der Waals surface area contributed by atoms with Gasteiger partial charge in [-0.1, -0.05) is 13.8 Å². The van der Waals surface area contributed by atoms with Gasteiger partial charge in [0.15, 0.2) is 0 Å². The molecule has 1 aliphatic carbocycles. The van der Waals surface area contributed by atoms with Crippen LogP contribution in [0.25, 0.3) is 0 Å². The summed E-state index contributed by atoms with van der Waals surface area (Å²) in [7, 11) is 1.81. The molecule has 0 spiro atoms. The number of rotatable bonds is 6. The molecule has 118 valence electrons. The summed E-state index contributed by atoms with van der Waals surface area (Å²) in [5, 5.41) is 17.6. The first kappa shape index (κ1) is 16.0. The van der Waals surface area contributed by atoms with Crippen molar-refractivity contribution in [2.75, 3.05) is 13.2 Å². The molecule has 0 aromatic carbocycles. The van der Waals surface area contributed by atoms with Crippen molar-refractivity contribution in [3.8, 4) is 0 Å². The van der Waals surface area contributed by atoms with Crippen molar-refractivity contribution in [3.63, 3.8) is 0 Å². The van der Waals surface area contributed by atoms with E-state index in [0.29, 0.717) is 13.0 Å². The number of nitrogens with one attached hydrogen (secondary N) is 1. The van der Waals surface area contributed by atoms with Crippen molar-refractivity contribution in [1.29, 1.82) is 0 Å². The van der Waals surface area contributed by atoms with Crippen molar-refractivity contribution >= 4 is 5.91 Å². The van der Waals surface area contributed by atoms with Crippen LogP contribution in [0.15, 0.2) is 12.3 Å². The average molecular weight is 295 g/mol. The second-order valence-electron chi connectivity index (χ2n) is 6.34. The van der Waals surface area contributed by atoms with Crippen LogP contribution in [0, 0.1) is 5.41 Å². The van der Waals surface area contributed by atoms with Crippen LogP contribution in [0.2, 0.25) is 0 Å². The number of carbonyl (C=O) groups excluding carboxylic acids is 1. The number of carbonyl (C=O) groups is 1. The van der Waals surface area contributed by atoms with Crippen molar-refractivity contribution in [1.82, 2.24) is 15.1 Å². The molecule has 0 aliphatic heterocycles. The van der Waals surface area contributed by atoms with Crippen LogP contribution in [0.3, 0.4) is 0 Å². The van der Waals surface area contributed by atoms with Crippen LogP contribution >= 0.6 is 0 Å². The highest BCUT2D eigenvalue weighted by Gasteiger charge is 2.59. The van der Waals surface area contributed by atoms with Crippen LogP contribution in [0.4, 0.5) is 0 Å². The highest BCUT2D eigenvalue weighted by Crippen LogP contribution is 2.50. The van der Waals surface area contributed by atoms with Crippen molar-refractivity contribution in [2.24, 2.45) is 12.5 Å². The molecule has 0 radical (unpaired) electrons. The number of aliphatic hydroxyl groups is 1. The number of ether oxygens (including phenoxy) is 1. The molecule has 1 fully saturated rings. The van der Waals surface area contributed by atoms with Gasteiger partial charge in [-0.15, -0.1) is 0 Å². The second-order valence-corrected chi connectivity index (χ2v) is 6.34. The minimum Gasteiger partial charge on any atom is -0.387 e. The normalized spacial score (nSPS) is 27.2. The Balaban J connectivity index is 1.84. The largest absolute Gasteiger partial charge is 0.387 e. The summed E-state index contributed by atoms with van der Waals surface area (Å²) in [6.45, 7) is 6.77. The van der Waals surface area contributed by atoms with E-state index in [4.69, 9.17) is 4.74 Å². The molecule has 1 aliphatic rings.